The van der Waals surface area contributed by atoms with Crippen LogP contribution >= 0.6 is 0 Å². The van der Waals surface area contributed by atoms with E-state index >= 15 is 0 Å². The highest BCUT2D eigenvalue weighted by Crippen LogP contribution is 2.35. The van der Waals surface area contributed by atoms with Crippen LogP contribution in [0.15, 0.2) is 65.8 Å². The van der Waals surface area contributed by atoms with E-state index in [0.717, 1.165) is 30.5 Å². The van der Waals surface area contributed by atoms with Gasteiger partial charge in [0.05, 0.1) is 11.7 Å². The minimum Gasteiger partial charge on any atom is -0.350 e. The van der Waals surface area contributed by atoms with Crippen LogP contribution in [0.4, 0.5) is 5.69 Å². The molecule has 1 saturated heterocycles. The number of amides is 1. The predicted octanol–water partition coefficient (Wildman–Crippen LogP) is 3.57. The maximum Gasteiger partial charge on any atom is 0.291 e. The van der Waals surface area contributed by atoms with Gasteiger partial charge in [-0.25, -0.2) is 10.3 Å². The molecule has 0 radical (unpaired) electrons. The minimum absolute atomic E-state index is 0.0275. The molecule has 27 heavy (non-hydrogen) atoms. The summed E-state index contributed by atoms with van der Waals surface area (Å²) in [7, 11) is 0. The number of para-hydroxylation sites is 1. The molecule has 0 aromatic heterocycles. The van der Waals surface area contributed by atoms with E-state index in [1.165, 1.54) is 0 Å². The Hall–Kier alpha value is -2.70. The number of rotatable bonds is 5. The van der Waals surface area contributed by atoms with Gasteiger partial charge in [-0.3, -0.25) is 9.80 Å². The number of ether oxygens (including phenoxy) is 1. The van der Waals surface area contributed by atoms with Crippen LogP contribution < -0.4 is 10.5 Å². The van der Waals surface area contributed by atoms with Gasteiger partial charge in [0.2, 0.25) is 0 Å². The first kappa shape index (κ1) is 17.7. The SMILES string of the molecule is O=C(NOC1CCCCO1)C1=NN(c2ccccc2)C(c2ccccc2)C1. The molecule has 2 aromatic carbocycles. The van der Waals surface area contributed by atoms with Gasteiger partial charge in [0.15, 0.2) is 6.29 Å². The molecule has 2 heterocycles. The van der Waals surface area contributed by atoms with Gasteiger partial charge in [-0.15, -0.1) is 0 Å². The number of hydroxylamine groups is 1. The second kappa shape index (κ2) is 8.33. The van der Waals surface area contributed by atoms with Crippen molar-refractivity contribution in [2.75, 3.05) is 11.6 Å². The Morgan fingerprint density at radius 3 is 2.52 bits per heavy atom. The highest BCUT2D eigenvalue weighted by Gasteiger charge is 2.32. The van der Waals surface area contributed by atoms with Crippen molar-refractivity contribution in [1.82, 2.24) is 5.48 Å². The summed E-state index contributed by atoms with van der Waals surface area (Å²) in [6, 6.07) is 20.0. The zero-order valence-corrected chi connectivity index (χ0v) is 15.1. The van der Waals surface area contributed by atoms with Crippen LogP contribution in [-0.2, 0) is 14.4 Å². The fourth-order valence-electron chi connectivity index (χ4n) is 3.38. The fourth-order valence-corrected chi connectivity index (χ4v) is 3.38. The molecule has 1 amide bonds. The summed E-state index contributed by atoms with van der Waals surface area (Å²) in [4.78, 5) is 18.0. The number of nitrogens with zero attached hydrogens (tertiary/aromatic N) is 2. The van der Waals surface area contributed by atoms with E-state index in [1.54, 1.807) is 0 Å². The number of hydrazone groups is 1. The summed E-state index contributed by atoms with van der Waals surface area (Å²) in [6.07, 6.45) is 3.00. The minimum atomic E-state index is -0.375. The van der Waals surface area contributed by atoms with Crippen LogP contribution in [0.2, 0.25) is 0 Å². The molecule has 0 bridgehead atoms. The number of carbonyl (C=O) groups is 1. The van der Waals surface area contributed by atoms with Gasteiger partial charge in [0, 0.05) is 19.4 Å². The van der Waals surface area contributed by atoms with Gasteiger partial charge in [-0.2, -0.15) is 5.10 Å². The maximum atomic E-state index is 12.6. The molecule has 0 aliphatic carbocycles. The van der Waals surface area contributed by atoms with Gasteiger partial charge >= 0.3 is 0 Å². The van der Waals surface area contributed by atoms with E-state index in [-0.39, 0.29) is 18.2 Å². The smallest absolute Gasteiger partial charge is 0.291 e. The number of benzene rings is 2. The molecule has 2 aromatic rings. The Morgan fingerprint density at radius 2 is 1.81 bits per heavy atom. The molecular weight excluding hydrogens is 342 g/mol. The third kappa shape index (κ3) is 4.18. The Kier molecular flexibility index (Phi) is 5.46. The number of hydrogen-bond acceptors (Lipinski definition) is 5. The molecule has 1 fully saturated rings. The summed E-state index contributed by atoms with van der Waals surface area (Å²) in [5, 5.41) is 6.50. The molecule has 2 aliphatic heterocycles. The van der Waals surface area contributed by atoms with E-state index in [4.69, 9.17) is 9.57 Å². The highest BCUT2D eigenvalue weighted by atomic mass is 16.8. The summed E-state index contributed by atoms with van der Waals surface area (Å²) < 4.78 is 5.48. The molecule has 2 atom stereocenters. The predicted molar refractivity (Wildman–Crippen MR) is 103 cm³/mol. The number of anilines is 1. The normalized spacial score (nSPS) is 22.4. The molecule has 140 valence electrons. The van der Waals surface area contributed by atoms with Crippen LogP contribution in [0.3, 0.4) is 0 Å². The number of carbonyl (C=O) groups excluding carboxylic acids is 1. The standard InChI is InChI=1S/C21H23N3O3/c25-21(23-27-20-13-7-8-14-26-20)18-15-19(16-9-3-1-4-10-16)24(22-18)17-11-5-2-6-12-17/h1-6,9-12,19-20H,7-8,13-15H2,(H,23,25). The highest BCUT2D eigenvalue weighted by molar-refractivity contribution is 6.39. The molecule has 0 spiro atoms. The fraction of sp³-hybridized carbons (Fsp3) is 0.333. The van der Waals surface area contributed by atoms with Gasteiger partial charge in [-0.05, 0) is 30.5 Å². The third-order valence-corrected chi connectivity index (χ3v) is 4.80. The van der Waals surface area contributed by atoms with Gasteiger partial charge in [-0.1, -0.05) is 48.5 Å². The van der Waals surface area contributed by atoms with Crippen molar-refractivity contribution in [2.45, 2.75) is 38.0 Å². The Labute approximate surface area is 158 Å². The van der Waals surface area contributed by atoms with Crippen molar-refractivity contribution >= 4 is 17.3 Å². The van der Waals surface area contributed by atoms with Crippen LogP contribution in [-0.4, -0.2) is 24.5 Å². The average molecular weight is 365 g/mol. The molecule has 2 aliphatic rings. The molecular formula is C21H23N3O3. The maximum absolute atomic E-state index is 12.6. The first-order chi connectivity index (χ1) is 13.3. The van der Waals surface area contributed by atoms with E-state index in [0.29, 0.717) is 18.7 Å². The molecule has 6 heteroatoms. The van der Waals surface area contributed by atoms with Gasteiger partial charge in [0.1, 0.15) is 5.71 Å². The first-order valence-electron chi connectivity index (χ1n) is 9.35. The third-order valence-electron chi connectivity index (χ3n) is 4.80. The second-order valence-electron chi connectivity index (χ2n) is 6.70. The summed E-state index contributed by atoms with van der Waals surface area (Å²) in [6.45, 7) is 0.666. The lowest BCUT2D eigenvalue weighted by Gasteiger charge is -2.23. The van der Waals surface area contributed by atoms with E-state index in [9.17, 15) is 4.79 Å². The second-order valence-corrected chi connectivity index (χ2v) is 6.70. The zero-order chi connectivity index (χ0) is 18.5. The van der Waals surface area contributed by atoms with Crippen LogP contribution in [0.1, 0.15) is 37.3 Å². The van der Waals surface area contributed by atoms with Crippen molar-refractivity contribution in [2.24, 2.45) is 5.10 Å². The topological polar surface area (TPSA) is 63.2 Å². The van der Waals surface area contributed by atoms with Gasteiger partial charge in [0.25, 0.3) is 5.91 Å². The van der Waals surface area contributed by atoms with Gasteiger partial charge < -0.3 is 4.74 Å². The lowest BCUT2D eigenvalue weighted by molar-refractivity contribution is -0.197. The van der Waals surface area contributed by atoms with Crippen molar-refractivity contribution in [3.8, 4) is 0 Å². The van der Waals surface area contributed by atoms with Crippen molar-refractivity contribution in [3.63, 3.8) is 0 Å². The Morgan fingerprint density at radius 1 is 1.07 bits per heavy atom. The lowest BCUT2D eigenvalue weighted by atomic mass is 10.0. The molecule has 2 unspecified atom stereocenters. The Bertz CT molecular complexity index is 789. The van der Waals surface area contributed by atoms with Crippen LogP contribution in [0, 0.1) is 0 Å². The first-order valence-corrected chi connectivity index (χ1v) is 9.35. The molecule has 0 saturated carbocycles. The summed E-state index contributed by atoms with van der Waals surface area (Å²) >= 11 is 0. The van der Waals surface area contributed by atoms with E-state index < -0.39 is 0 Å². The zero-order valence-electron chi connectivity index (χ0n) is 15.1. The Balaban J connectivity index is 1.50. The molecule has 4 rings (SSSR count). The molecule has 1 N–H and O–H groups in total. The quantitative estimate of drug-likeness (QED) is 0.823. The van der Waals surface area contributed by atoms with E-state index in [1.807, 2.05) is 53.5 Å². The van der Waals surface area contributed by atoms with Crippen molar-refractivity contribution in [3.05, 3.63) is 66.2 Å². The van der Waals surface area contributed by atoms with E-state index in [2.05, 4.69) is 22.7 Å². The van der Waals surface area contributed by atoms with Crippen molar-refractivity contribution in [1.29, 1.82) is 0 Å². The summed E-state index contributed by atoms with van der Waals surface area (Å²) in [5.74, 6) is -0.316. The monoisotopic (exact) mass is 365 g/mol. The summed E-state index contributed by atoms with van der Waals surface area (Å²) in [5.41, 5.74) is 5.03. The average Bonchev–Trinajstić information content (AvgIpc) is 3.20. The lowest BCUT2D eigenvalue weighted by Crippen LogP contribution is -2.36. The number of nitrogens with one attached hydrogen (secondary N) is 1. The molecule has 6 nitrogen and oxygen atoms in total. The van der Waals surface area contributed by atoms with Crippen LogP contribution in [0.25, 0.3) is 0 Å². The van der Waals surface area contributed by atoms with Crippen LogP contribution in [0.5, 0.6) is 0 Å². The van der Waals surface area contributed by atoms with Crippen molar-refractivity contribution < 1.29 is 14.4 Å². The largest absolute Gasteiger partial charge is 0.350 e. The number of hydrogen-bond donors (Lipinski definition) is 1.